The van der Waals surface area contributed by atoms with E-state index < -0.39 is 39.6 Å². The van der Waals surface area contributed by atoms with Crippen molar-refractivity contribution in [1.29, 1.82) is 0 Å². The number of aromatic nitrogens is 1. The number of nitrogens with one attached hydrogen (secondary N) is 3. The number of hydrogen-bond donors (Lipinski definition) is 3. The largest absolute Gasteiger partial charge is 0.489 e. The average Bonchev–Trinajstić information content (AvgIpc) is 3.58. The molecule has 1 saturated heterocycles. The van der Waals surface area contributed by atoms with Gasteiger partial charge in [-0.25, -0.2) is 17.5 Å². The summed E-state index contributed by atoms with van der Waals surface area (Å²) in [5.41, 5.74) is 0.711. The van der Waals surface area contributed by atoms with Crippen molar-refractivity contribution in [3.8, 4) is 5.75 Å². The first-order chi connectivity index (χ1) is 17.5. The number of benzene rings is 1. The van der Waals surface area contributed by atoms with Gasteiger partial charge in [-0.15, -0.1) is 0 Å². The Morgan fingerprint density at radius 2 is 1.95 bits per heavy atom. The number of hydrogen-bond acceptors (Lipinski definition) is 6. The summed E-state index contributed by atoms with van der Waals surface area (Å²) >= 11 is 0. The van der Waals surface area contributed by atoms with E-state index in [9.17, 15) is 27.2 Å². The van der Waals surface area contributed by atoms with Gasteiger partial charge in [0, 0.05) is 50.0 Å². The van der Waals surface area contributed by atoms with Gasteiger partial charge in [0.15, 0.2) is 11.4 Å². The predicted octanol–water partition coefficient (Wildman–Crippen LogP) is 0.891. The van der Waals surface area contributed by atoms with Crippen molar-refractivity contribution in [2.24, 2.45) is 13.0 Å². The Bertz CT molecular complexity index is 1390. The second kappa shape index (κ2) is 9.45. The Morgan fingerprint density at radius 3 is 2.65 bits per heavy atom. The monoisotopic (exact) mass is 533 g/mol. The highest BCUT2D eigenvalue weighted by Gasteiger charge is 2.41. The fourth-order valence-electron chi connectivity index (χ4n) is 4.67. The Balaban J connectivity index is 1.36. The van der Waals surface area contributed by atoms with Gasteiger partial charge < -0.3 is 24.8 Å². The highest BCUT2D eigenvalue weighted by Crippen LogP contribution is 2.35. The molecule has 5 rings (SSSR count). The maximum Gasteiger partial charge on any atom is 0.311 e. The zero-order valence-electron chi connectivity index (χ0n) is 20.4. The van der Waals surface area contributed by atoms with E-state index in [-0.39, 0.29) is 48.0 Å². The molecule has 198 valence electrons. The highest BCUT2D eigenvalue weighted by molar-refractivity contribution is 7.89. The Hall–Kier alpha value is -3.45. The normalized spacial score (nSPS) is 22.5. The molecule has 2 aliphatic heterocycles. The lowest BCUT2D eigenvalue weighted by Crippen LogP contribution is -2.57. The molecule has 2 fully saturated rings. The molecule has 1 aromatic carbocycles. The predicted molar refractivity (Wildman–Crippen MR) is 130 cm³/mol. The molecule has 37 heavy (non-hydrogen) atoms. The van der Waals surface area contributed by atoms with Crippen LogP contribution in [0.25, 0.3) is 0 Å². The van der Waals surface area contributed by atoms with Crippen molar-refractivity contribution in [3.63, 3.8) is 0 Å². The molecule has 3 heterocycles. The summed E-state index contributed by atoms with van der Waals surface area (Å²) in [4.78, 5) is 39.1. The third kappa shape index (κ3) is 5.05. The maximum absolute atomic E-state index is 13.6. The zero-order valence-corrected chi connectivity index (χ0v) is 21.2. The van der Waals surface area contributed by atoms with Gasteiger partial charge in [0.2, 0.25) is 10.0 Å². The standard InChI is InChI=1S/C24H28FN5O6S/c1-13-9-16(5-6-17(13)25)27-22(31)20-21-19(11-29(20)2)37(34,35)28-18-10-30(8-7-14(18)12-36-21)24(33)23(32)26-15-3-4-15/h5-6,9,11,14-15,18,28H,3-4,7-8,10,12H2,1-2H3,(H,26,32)(H,27,31)/t14-,18-/m0/s1. The third-order valence-electron chi connectivity index (χ3n) is 6.92. The number of rotatable bonds is 3. The molecule has 2 atom stereocenters. The molecule has 0 bridgehead atoms. The lowest BCUT2D eigenvalue weighted by Gasteiger charge is -2.39. The van der Waals surface area contributed by atoms with E-state index in [1.54, 1.807) is 6.92 Å². The maximum atomic E-state index is 13.6. The SMILES string of the molecule is Cc1cc(NC(=O)c2c3c(cn2C)S(=O)(=O)N[C@H]2CN(C(=O)C(=O)NC4CC4)CC[C@H]2CO3)ccc1F. The number of fused-ring (bicyclic) bond motifs is 2. The van der Waals surface area contributed by atoms with Gasteiger partial charge in [-0.3, -0.25) is 14.4 Å². The smallest absolute Gasteiger partial charge is 0.311 e. The summed E-state index contributed by atoms with van der Waals surface area (Å²) < 4.78 is 50.2. The molecular weight excluding hydrogens is 505 g/mol. The van der Waals surface area contributed by atoms with Crippen LogP contribution in [0, 0.1) is 18.7 Å². The third-order valence-corrected chi connectivity index (χ3v) is 8.40. The van der Waals surface area contributed by atoms with Gasteiger partial charge in [-0.05, 0) is 49.9 Å². The average molecular weight is 534 g/mol. The van der Waals surface area contributed by atoms with E-state index in [2.05, 4.69) is 15.4 Å². The molecule has 3 N–H and O–H groups in total. The van der Waals surface area contributed by atoms with Crippen LogP contribution in [0.15, 0.2) is 29.3 Å². The van der Waals surface area contributed by atoms with Gasteiger partial charge in [-0.2, -0.15) is 0 Å². The molecule has 0 unspecified atom stereocenters. The van der Waals surface area contributed by atoms with Crippen molar-refractivity contribution in [1.82, 2.24) is 19.5 Å². The number of anilines is 1. The quantitative estimate of drug-likeness (QED) is 0.501. The van der Waals surface area contributed by atoms with Crippen LogP contribution in [-0.2, 0) is 26.7 Å². The zero-order chi connectivity index (χ0) is 26.5. The molecule has 1 aliphatic carbocycles. The molecule has 3 amide bonds. The van der Waals surface area contributed by atoms with E-state index in [0.717, 1.165) is 12.8 Å². The van der Waals surface area contributed by atoms with E-state index in [0.29, 0.717) is 17.7 Å². The minimum Gasteiger partial charge on any atom is -0.489 e. The lowest BCUT2D eigenvalue weighted by atomic mass is 9.93. The van der Waals surface area contributed by atoms with E-state index in [1.807, 2.05) is 0 Å². The highest BCUT2D eigenvalue weighted by atomic mass is 32.2. The number of piperidine rings is 1. The number of carbonyl (C=O) groups is 3. The second-order valence-corrected chi connectivity index (χ2v) is 11.5. The van der Waals surface area contributed by atoms with Gasteiger partial charge in [-0.1, -0.05) is 0 Å². The summed E-state index contributed by atoms with van der Waals surface area (Å²) in [7, 11) is -2.61. The molecule has 2 aromatic rings. The second-order valence-electron chi connectivity index (χ2n) is 9.79. The first-order valence-electron chi connectivity index (χ1n) is 12.0. The Kier molecular flexibility index (Phi) is 6.44. The topological polar surface area (TPSA) is 139 Å². The fourth-order valence-corrected chi connectivity index (χ4v) is 6.16. The van der Waals surface area contributed by atoms with E-state index in [1.165, 1.54) is 40.9 Å². The van der Waals surface area contributed by atoms with Crippen LogP contribution in [0.4, 0.5) is 10.1 Å². The van der Waals surface area contributed by atoms with Crippen LogP contribution < -0.4 is 20.1 Å². The Morgan fingerprint density at radius 1 is 1.19 bits per heavy atom. The molecule has 1 aromatic heterocycles. The molecule has 1 saturated carbocycles. The molecule has 3 aliphatic rings. The molecular formula is C24H28FN5O6S. The minimum absolute atomic E-state index is 0.00478. The van der Waals surface area contributed by atoms with Crippen molar-refractivity contribution >= 4 is 33.4 Å². The summed E-state index contributed by atoms with van der Waals surface area (Å²) in [5, 5.41) is 5.33. The summed E-state index contributed by atoms with van der Waals surface area (Å²) in [6.45, 7) is 1.99. The first-order valence-corrected chi connectivity index (χ1v) is 13.5. The lowest BCUT2D eigenvalue weighted by molar-refractivity contribution is -0.147. The number of ether oxygens (including phenoxy) is 1. The van der Waals surface area contributed by atoms with Crippen LogP contribution in [0.3, 0.4) is 0 Å². The minimum atomic E-state index is -4.13. The number of amides is 3. The Labute approximate surface area is 213 Å². The molecule has 13 heteroatoms. The number of halogens is 1. The van der Waals surface area contributed by atoms with Gasteiger partial charge in [0.25, 0.3) is 5.91 Å². The van der Waals surface area contributed by atoms with E-state index >= 15 is 0 Å². The van der Waals surface area contributed by atoms with Crippen LogP contribution in [0.2, 0.25) is 0 Å². The van der Waals surface area contributed by atoms with Gasteiger partial charge in [0.05, 0.1) is 6.61 Å². The van der Waals surface area contributed by atoms with E-state index in [4.69, 9.17) is 4.74 Å². The van der Waals surface area contributed by atoms with Crippen molar-refractivity contribution in [2.75, 3.05) is 25.0 Å². The molecule has 0 spiro atoms. The summed E-state index contributed by atoms with van der Waals surface area (Å²) in [5.74, 6) is -2.73. The van der Waals surface area contributed by atoms with Gasteiger partial charge in [0.1, 0.15) is 10.7 Å². The number of aryl methyl sites for hydroxylation is 2. The summed E-state index contributed by atoms with van der Waals surface area (Å²) in [6.07, 6.45) is 3.40. The van der Waals surface area contributed by atoms with Crippen molar-refractivity contribution in [2.45, 2.75) is 43.2 Å². The fraction of sp³-hybridized carbons (Fsp3) is 0.458. The van der Waals surface area contributed by atoms with Crippen molar-refractivity contribution < 1.29 is 31.9 Å². The number of likely N-dealkylation sites (tertiary alicyclic amines) is 1. The van der Waals surface area contributed by atoms with Crippen LogP contribution >= 0.6 is 0 Å². The van der Waals surface area contributed by atoms with Gasteiger partial charge >= 0.3 is 11.8 Å². The molecule has 11 nitrogen and oxygen atoms in total. The number of nitrogens with zero attached hydrogens (tertiary/aromatic N) is 2. The summed E-state index contributed by atoms with van der Waals surface area (Å²) in [6, 6.07) is 3.50. The first kappa shape index (κ1) is 25.2. The van der Waals surface area contributed by atoms with Crippen LogP contribution in [-0.4, -0.2) is 67.4 Å². The number of carbonyl (C=O) groups excluding carboxylic acids is 3. The van der Waals surface area contributed by atoms with Crippen LogP contribution in [0.1, 0.15) is 35.3 Å². The van der Waals surface area contributed by atoms with Crippen LogP contribution in [0.5, 0.6) is 5.75 Å². The molecule has 0 radical (unpaired) electrons. The number of sulfonamides is 1. The van der Waals surface area contributed by atoms with Crippen molar-refractivity contribution in [3.05, 3.63) is 41.5 Å².